The molecule has 1 aromatic carbocycles. The van der Waals surface area contributed by atoms with Crippen molar-refractivity contribution < 1.29 is 9.90 Å². The maximum atomic E-state index is 12.2. The number of amides is 1. The van der Waals surface area contributed by atoms with E-state index in [9.17, 15) is 4.79 Å². The van der Waals surface area contributed by atoms with Gasteiger partial charge in [0.15, 0.2) is 0 Å². The lowest BCUT2D eigenvalue weighted by Crippen LogP contribution is -2.37. The summed E-state index contributed by atoms with van der Waals surface area (Å²) >= 11 is 6.08. The van der Waals surface area contributed by atoms with E-state index in [-0.39, 0.29) is 18.6 Å². The van der Waals surface area contributed by atoms with Crippen LogP contribution in [-0.4, -0.2) is 23.7 Å². The maximum Gasteiger partial charge on any atom is 0.247 e. The van der Waals surface area contributed by atoms with E-state index in [0.717, 1.165) is 18.4 Å². The number of nitrogens with one attached hydrogen (secondary N) is 1. The number of benzene rings is 1. The molecule has 0 radical (unpaired) electrons. The van der Waals surface area contributed by atoms with E-state index in [1.807, 2.05) is 18.2 Å². The summed E-state index contributed by atoms with van der Waals surface area (Å²) in [5, 5.41) is 12.7. The van der Waals surface area contributed by atoms with E-state index < -0.39 is 0 Å². The highest BCUT2D eigenvalue weighted by molar-refractivity contribution is 6.32. The molecule has 0 spiro atoms. The smallest absolute Gasteiger partial charge is 0.247 e. The monoisotopic (exact) mass is 293 g/mol. The predicted octanol–water partition coefficient (Wildman–Crippen LogP) is 3.02. The number of aliphatic hydroxyl groups is 1. The molecule has 0 heterocycles. The first-order chi connectivity index (χ1) is 9.61. The summed E-state index contributed by atoms with van der Waals surface area (Å²) in [6, 6.07) is 7.52. The molecule has 20 heavy (non-hydrogen) atoms. The van der Waals surface area contributed by atoms with E-state index in [1.54, 1.807) is 19.1 Å². The van der Waals surface area contributed by atoms with Crippen LogP contribution >= 0.6 is 11.6 Å². The Labute approximate surface area is 124 Å². The van der Waals surface area contributed by atoms with Gasteiger partial charge in [-0.25, -0.2) is 0 Å². The Morgan fingerprint density at radius 2 is 2.20 bits per heavy atom. The number of carbonyl (C=O) groups is 1. The molecular formula is C16H20ClNO2. The Morgan fingerprint density at radius 1 is 1.50 bits per heavy atom. The zero-order valence-electron chi connectivity index (χ0n) is 11.6. The van der Waals surface area contributed by atoms with Gasteiger partial charge in [0.2, 0.25) is 5.91 Å². The summed E-state index contributed by atoms with van der Waals surface area (Å²) in [5.41, 5.74) is 1.47. The molecule has 1 unspecified atom stereocenters. The van der Waals surface area contributed by atoms with Gasteiger partial charge in [0.25, 0.3) is 0 Å². The molecule has 2 rings (SSSR count). The quantitative estimate of drug-likeness (QED) is 0.792. The van der Waals surface area contributed by atoms with Gasteiger partial charge in [-0.15, -0.1) is 0 Å². The molecule has 0 saturated heterocycles. The Morgan fingerprint density at radius 3 is 2.80 bits per heavy atom. The maximum absolute atomic E-state index is 12.2. The highest BCUT2D eigenvalue weighted by Gasteiger charge is 2.31. The third-order valence-corrected chi connectivity index (χ3v) is 3.93. The average molecular weight is 294 g/mol. The van der Waals surface area contributed by atoms with Crippen LogP contribution in [0.1, 0.15) is 31.7 Å². The summed E-state index contributed by atoms with van der Waals surface area (Å²) in [7, 11) is 0. The van der Waals surface area contributed by atoms with Crippen molar-refractivity contribution in [1.82, 2.24) is 5.32 Å². The van der Waals surface area contributed by atoms with Crippen LogP contribution < -0.4 is 5.32 Å². The zero-order valence-corrected chi connectivity index (χ0v) is 12.4. The van der Waals surface area contributed by atoms with E-state index in [4.69, 9.17) is 16.7 Å². The van der Waals surface area contributed by atoms with Crippen LogP contribution in [0.2, 0.25) is 5.02 Å². The molecular weight excluding hydrogens is 274 g/mol. The van der Waals surface area contributed by atoms with Gasteiger partial charge >= 0.3 is 0 Å². The molecule has 1 atom stereocenters. The summed E-state index contributed by atoms with van der Waals surface area (Å²) in [5.74, 6) is 0.439. The van der Waals surface area contributed by atoms with Gasteiger partial charge in [-0.05, 0) is 49.8 Å². The molecule has 1 aromatic rings. The van der Waals surface area contributed by atoms with Crippen molar-refractivity contribution in [2.45, 2.75) is 32.2 Å². The van der Waals surface area contributed by atoms with Crippen molar-refractivity contribution in [3.8, 4) is 0 Å². The second kappa shape index (κ2) is 6.91. The van der Waals surface area contributed by atoms with Gasteiger partial charge in [0.05, 0.1) is 0 Å². The average Bonchev–Trinajstić information content (AvgIpc) is 3.25. The first-order valence-corrected chi connectivity index (χ1v) is 7.34. The van der Waals surface area contributed by atoms with Crippen molar-refractivity contribution in [1.29, 1.82) is 0 Å². The van der Waals surface area contributed by atoms with Gasteiger partial charge in [-0.1, -0.05) is 29.8 Å². The number of carbonyl (C=O) groups excluding carboxylic acids is 1. The fourth-order valence-corrected chi connectivity index (χ4v) is 2.43. The number of rotatable bonds is 6. The highest BCUT2D eigenvalue weighted by Crippen LogP contribution is 2.34. The molecule has 0 bridgehead atoms. The zero-order chi connectivity index (χ0) is 14.5. The molecule has 3 nitrogen and oxygen atoms in total. The lowest BCUT2D eigenvalue weighted by atomic mass is 10.1. The van der Waals surface area contributed by atoms with Crippen LogP contribution in [0.4, 0.5) is 0 Å². The molecule has 1 aliphatic rings. The van der Waals surface area contributed by atoms with E-state index in [1.165, 1.54) is 0 Å². The van der Waals surface area contributed by atoms with Crippen LogP contribution in [0.15, 0.2) is 29.8 Å². The van der Waals surface area contributed by atoms with Gasteiger partial charge in [-0.2, -0.15) is 0 Å². The molecule has 1 aliphatic carbocycles. The molecule has 108 valence electrons. The molecule has 0 aromatic heterocycles. The third kappa shape index (κ3) is 4.09. The normalized spacial score (nSPS) is 16.9. The largest absolute Gasteiger partial charge is 0.396 e. The summed E-state index contributed by atoms with van der Waals surface area (Å²) in [6.07, 6.45) is 4.69. The van der Waals surface area contributed by atoms with E-state index in [2.05, 4.69) is 5.32 Å². The molecule has 0 aliphatic heterocycles. The topological polar surface area (TPSA) is 49.3 Å². The van der Waals surface area contributed by atoms with Crippen molar-refractivity contribution >= 4 is 23.6 Å². The number of aliphatic hydroxyl groups excluding tert-OH is 1. The first-order valence-electron chi connectivity index (χ1n) is 6.96. The third-order valence-electron chi connectivity index (χ3n) is 3.58. The molecule has 1 amide bonds. The highest BCUT2D eigenvalue weighted by atomic mass is 35.5. The van der Waals surface area contributed by atoms with Crippen molar-refractivity contribution in [3.63, 3.8) is 0 Å². The summed E-state index contributed by atoms with van der Waals surface area (Å²) < 4.78 is 0. The van der Waals surface area contributed by atoms with Crippen LogP contribution in [0.25, 0.3) is 6.08 Å². The van der Waals surface area contributed by atoms with E-state index in [0.29, 0.717) is 22.9 Å². The van der Waals surface area contributed by atoms with Crippen LogP contribution in [0.5, 0.6) is 0 Å². The molecule has 1 fully saturated rings. The Kier molecular flexibility index (Phi) is 5.21. The minimum Gasteiger partial charge on any atom is -0.396 e. The minimum atomic E-state index is -0.0877. The second-order valence-corrected chi connectivity index (χ2v) is 5.69. The fraction of sp³-hybridized carbons (Fsp3) is 0.438. The van der Waals surface area contributed by atoms with Crippen molar-refractivity contribution in [3.05, 3.63) is 40.4 Å². The van der Waals surface area contributed by atoms with E-state index >= 15 is 0 Å². The lowest BCUT2D eigenvalue weighted by Gasteiger charge is -2.17. The summed E-state index contributed by atoms with van der Waals surface area (Å²) in [6.45, 7) is 1.89. The van der Waals surface area contributed by atoms with Crippen molar-refractivity contribution in [2.75, 3.05) is 6.61 Å². The Bertz CT molecular complexity index is 509. The number of hydrogen-bond acceptors (Lipinski definition) is 2. The van der Waals surface area contributed by atoms with Gasteiger partial charge < -0.3 is 10.4 Å². The second-order valence-electron chi connectivity index (χ2n) is 5.28. The number of hydrogen-bond donors (Lipinski definition) is 2. The first kappa shape index (κ1) is 15.1. The predicted molar refractivity (Wildman–Crippen MR) is 81.5 cm³/mol. The number of halogens is 1. The van der Waals surface area contributed by atoms with Gasteiger partial charge in [0.1, 0.15) is 0 Å². The fourth-order valence-electron chi connectivity index (χ4n) is 2.24. The van der Waals surface area contributed by atoms with Gasteiger partial charge in [-0.3, -0.25) is 4.79 Å². The Hall–Kier alpha value is -1.32. The van der Waals surface area contributed by atoms with Crippen molar-refractivity contribution in [2.24, 2.45) is 5.92 Å². The standard InChI is InChI=1S/C16H20ClNO2/c1-11(10-13-4-2-3-5-14(13)17)16(20)18-15(8-9-19)12-6-7-12/h2-5,10,12,15,19H,6-9H2,1H3,(H,18,20)/b11-10-. The SMILES string of the molecule is C/C(=C/c1ccccc1Cl)C(=O)NC(CCO)C1CC1. The van der Waals surface area contributed by atoms with Crippen LogP contribution in [-0.2, 0) is 4.79 Å². The molecule has 4 heteroatoms. The molecule has 2 N–H and O–H groups in total. The summed E-state index contributed by atoms with van der Waals surface area (Å²) in [4.78, 5) is 12.2. The Balaban J connectivity index is 2.02. The lowest BCUT2D eigenvalue weighted by molar-refractivity contribution is -0.118. The minimum absolute atomic E-state index is 0.0853. The molecule has 1 saturated carbocycles. The van der Waals surface area contributed by atoms with Gasteiger partial charge in [0, 0.05) is 23.2 Å². The van der Waals surface area contributed by atoms with Crippen LogP contribution in [0, 0.1) is 5.92 Å². The van der Waals surface area contributed by atoms with Crippen LogP contribution in [0.3, 0.4) is 0 Å².